The van der Waals surface area contributed by atoms with Crippen LogP contribution in [0.3, 0.4) is 0 Å². The molecule has 3 aromatic rings. The van der Waals surface area contributed by atoms with Crippen LogP contribution >= 0.6 is 55.2 Å². The maximum absolute atomic E-state index is 13.3. The van der Waals surface area contributed by atoms with Crippen LogP contribution in [0.2, 0.25) is 5.02 Å². The van der Waals surface area contributed by atoms with Crippen molar-refractivity contribution in [3.8, 4) is 5.75 Å². The molecule has 9 heteroatoms. The highest BCUT2D eigenvalue weighted by Gasteiger charge is 2.35. The van der Waals surface area contributed by atoms with Gasteiger partial charge in [0.15, 0.2) is 0 Å². The van der Waals surface area contributed by atoms with Gasteiger partial charge in [-0.3, -0.25) is 14.5 Å². The quantitative estimate of drug-likeness (QED) is 0.260. The number of thioether (sulfide) groups is 1. The summed E-state index contributed by atoms with van der Waals surface area (Å²) in [6.45, 7) is 2.41. The van der Waals surface area contributed by atoms with E-state index in [-0.39, 0.29) is 16.5 Å². The van der Waals surface area contributed by atoms with E-state index in [4.69, 9.17) is 16.3 Å². The Morgan fingerprint density at radius 2 is 1.82 bits per heavy atom. The van der Waals surface area contributed by atoms with Crippen molar-refractivity contribution in [3.05, 3.63) is 102 Å². The van der Waals surface area contributed by atoms with Crippen LogP contribution in [0.5, 0.6) is 5.75 Å². The van der Waals surface area contributed by atoms with Crippen molar-refractivity contribution < 1.29 is 18.7 Å². The van der Waals surface area contributed by atoms with Crippen molar-refractivity contribution in [2.45, 2.75) is 20.1 Å². The van der Waals surface area contributed by atoms with Crippen molar-refractivity contribution >= 4 is 72.4 Å². The molecule has 1 aliphatic rings. The molecule has 0 radical (unpaired) electrons. The lowest BCUT2D eigenvalue weighted by Crippen LogP contribution is -2.27. The Morgan fingerprint density at radius 3 is 2.50 bits per heavy atom. The standard InChI is InChI=1S/C25H17Br2ClFNO3S/c1-14-3-2-4-15(7-14)13-33-23-19(26)8-16(9-20(23)27)10-22-24(31)30(25(32)34-22)12-17-5-6-18(29)11-21(17)28/h2-11H,12-13H2,1H3/b22-10-. The first-order valence-electron chi connectivity index (χ1n) is 10.1. The molecule has 0 unspecified atom stereocenters. The average molecular weight is 626 g/mol. The molecule has 174 valence electrons. The summed E-state index contributed by atoms with van der Waals surface area (Å²) in [5.41, 5.74) is 3.42. The number of carbonyl (C=O) groups is 2. The first kappa shape index (κ1) is 25.0. The molecule has 4 rings (SSSR count). The molecule has 0 N–H and O–H groups in total. The molecule has 1 fully saturated rings. The SMILES string of the molecule is Cc1cccc(COc2c(Br)cc(/C=C3\SC(=O)N(Cc4ccc(F)cc4Cl)C3=O)cc2Br)c1. The van der Waals surface area contributed by atoms with E-state index in [1.54, 1.807) is 6.08 Å². The minimum atomic E-state index is -0.481. The molecule has 34 heavy (non-hydrogen) atoms. The number of aryl methyl sites for hydroxylation is 1. The number of rotatable bonds is 6. The second kappa shape index (κ2) is 10.6. The smallest absolute Gasteiger partial charge is 0.293 e. The van der Waals surface area contributed by atoms with E-state index in [2.05, 4.69) is 37.9 Å². The third-order valence-corrected chi connectivity index (χ3v) is 7.44. The van der Waals surface area contributed by atoms with E-state index in [0.717, 1.165) is 33.9 Å². The predicted octanol–water partition coefficient (Wildman–Crippen LogP) is 8.13. The zero-order valence-corrected chi connectivity index (χ0v) is 22.5. The topological polar surface area (TPSA) is 46.6 Å². The van der Waals surface area contributed by atoms with Gasteiger partial charge in [-0.25, -0.2) is 4.39 Å². The van der Waals surface area contributed by atoms with Crippen LogP contribution in [-0.4, -0.2) is 16.0 Å². The van der Waals surface area contributed by atoms with Gasteiger partial charge in [-0.15, -0.1) is 0 Å². The van der Waals surface area contributed by atoms with E-state index >= 15 is 0 Å². The van der Waals surface area contributed by atoms with Crippen LogP contribution < -0.4 is 4.74 Å². The number of nitrogens with zero attached hydrogens (tertiary/aromatic N) is 1. The van der Waals surface area contributed by atoms with E-state index < -0.39 is 17.0 Å². The Morgan fingerprint density at radius 1 is 1.09 bits per heavy atom. The molecule has 0 bridgehead atoms. The zero-order chi connectivity index (χ0) is 24.4. The third-order valence-electron chi connectivity index (χ3n) is 5.00. The molecular weight excluding hydrogens is 609 g/mol. The summed E-state index contributed by atoms with van der Waals surface area (Å²) in [6.07, 6.45) is 1.65. The largest absolute Gasteiger partial charge is 0.487 e. The van der Waals surface area contributed by atoms with Crippen molar-refractivity contribution in [2.24, 2.45) is 0 Å². The van der Waals surface area contributed by atoms with Gasteiger partial charge < -0.3 is 4.74 Å². The minimum Gasteiger partial charge on any atom is -0.487 e. The molecule has 0 spiro atoms. The molecule has 1 aliphatic heterocycles. The van der Waals surface area contributed by atoms with Crippen LogP contribution in [0.15, 0.2) is 68.4 Å². The monoisotopic (exact) mass is 623 g/mol. The van der Waals surface area contributed by atoms with Crippen LogP contribution in [-0.2, 0) is 17.9 Å². The first-order valence-corrected chi connectivity index (χ1v) is 12.9. The molecular formula is C25H17Br2ClFNO3S. The lowest BCUT2D eigenvalue weighted by atomic mass is 10.1. The van der Waals surface area contributed by atoms with E-state index in [9.17, 15) is 14.0 Å². The van der Waals surface area contributed by atoms with E-state index in [1.165, 1.54) is 12.1 Å². The summed E-state index contributed by atoms with van der Waals surface area (Å²) >= 11 is 14.0. The second-order valence-corrected chi connectivity index (χ2v) is 10.7. The fraction of sp³-hybridized carbons (Fsp3) is 0.120. The van der Waals surface area contributed by atoms with Gasteiger partial charge in [0.05, 0.1) is 20.4 Å². The molecule has 0 atom stereocenters. The first-order chi connectivity index (χ1) is 16.2. The average Bonchev–Trinajstić information content (AvgIpc) is 3.02. The summed E-state index contributed by atoms with van der Waals surface area (Å²) in [5.74, 6) is -0.273. The molecule has 0 aliphatic carbocycles. The summed E-state index contributed by atoms with van der Waals surface area (Å²) in [5, 5.41) is -0.245. The van der Waals surface area contributed by atoms with Crippen LogP contribution in [0.1, 0.15) is 22.3 Å². The lowest BCUT2D eigenvalue weighted by molar-refractivity contribution is -0.123. The lowest BCUT2D eigenvalue weighted by Gasteiger charge is -2.13. The van der Waals surface area contributed by atoms with E-state index in [0.29, 0.717) is 32.4 Å². The van der Waals surface area contributed by atoms with Gasteiger partial charge in [0, 0.05) is 5.02 Å². The summed E-state index contributed by atoms with van der Waals surface area (Å²) in [4.78, 5) is 26.7. The van der Waals surface area contributed by atoms with Gasteiger partial charge in [-0.05, 0) is 97.6 Å². The van der Waals surface area contributed by atoms with Crippen molar-refractivity contribution in [3.63, 3.8) is 0 Å². The fourth-order valence-corrected chi connectivity index (χ4v) is 5.88. The Balaban J connectivity index is 1.51. The number of ether oxygens (including phenoxy) is 1. The Bertz CT molecular complexity index is 1310. The molecule has 4 nitrogen and oxygen atoms in total. The normalized spacial score (nSPS) is 14.9. The third kappa shape index (κ3) is 5.74. The highest BCUT2D eigenvalue weighted by atomic mass is 79.9. The number of imide groups is 1. The summed E-state index contributed by atoms with van der Waals surface area (Å²) in [6, 6.07) is 15.6. The van der Waals surface area contributed by atoms with Gasteiger partial charge in [-0.1, -0.05) is 47.5 Å². The molecule has 3 aromatic carbocycles. The molecule has 0 saturated carbocycles. The Kier molecular flexibility index (Phi) is 7.82. The number of benzene rings is 3. The molecule has 0 aromatic heterocycles. The van der Waals surface area contributed by atoms with Gasteiger partial charge in [0.1, 0.15) is 18.2 Å². The highest BCUT2D eigenvalue weighted by Crippen LogP contribution is 2.38. The summed E-state index contributed by atoms with van der Waals surface area (Å²) < 4.78 is 20.7. The van der Waals surface area contributed by atoms with Crippen molar-refractivity contribution in [2.75, 3.05) is 0 Å². The highest BCUT2D eigenvalue weighted by molar-refractivity contribution is 9.11. The number of hydrogen-bond acceptors (Lipinski definition) is 4. The van der Waals surface area contributed by atoms with Gasteiger partial charge in [0.2, 0.25) is 0 Å². The van der Waals surface area contributed by atoms with Crippen LogP contribution in [0.4, 0.5) is 9.18 Å². The molecule has 1 saturated heterocycles. The number of carbonyl (C=O) groups excluding carboxylic acids is 2. The molecule has 2 amide bonds. The van der Waals surface area contributed by atoms with Gasteiger partial charge >= 0.3 is 0 Å². The number of hydrogen-bond donors (Lipinski definition) is 0. The number of halogens is 4. The van der Waals surface area contributed by atoms with E-state index in [1.807, 2.05) is 37.3 Å². The second-order valence-electron chi connectivity index (χ2n) is 7.59. The zero-order valence-electron chi connectivity index (χ0n) is 17.8. The van der Waals surface area contributed by atoms with Gasteiger partial charge in [-0.2, -0.15) is 0 Å². The van der Waals surface area contributed by atoms with Crippen molar-refractivity contribution in [1.82, 2.24) is 4.90 Å². The van der Waals surface area contributed by atoms with Crippen molar-refractivity contribution in [1.29, 1.82) is 0 Å². The predicted molar refractivity (Wildman–Crippen MR) is 140 cm³/mol. The Labute approximate surface area is 222 Å². The maximum atomic E-state index is 13.3. The molecule has 1 heterocycles. The van der Waals surface area contributed by atoms with Crippen LogP contribution in [0.25, 0.3) is 6.08 Å². The maximum Gasteiger partial charge on any atom is 0.293 e. The summed E-state index contributed by atoms with van der Waals surface area (Å²) in [7, 11) is 0. The Hall–Kier alpha value is -2.13. The fourth-order valence-electron chi connectivity index (χ4n) is 3.37. The minimum absolute atomic E-state index is 0.0275. The van der Waals surface area contributed by atoms with Crippen LogP contribution in [0, 0.1) is 12.7 Å². The van der Waals surface area contributed by atoms with Gasteiger partial charge in [0.25, 0.3) is 11.1 Å². The number of amides is 2.